The maximum absolute atomic E-state index is 11.7. The monoisotopic (exact) mass is 362 g/mol. The maximum atomic E-state index is 11.7. The van der Waals surface area contributed by atoms with Gasteiger partial charge in [-0.3, -0.25) is 4.79 Å². The van der Waals surface area contributed by atoms with Crippen LogP contribution in [-0.4, -0.2) is 76.3 Å². The molecule has 1 N–H and O–H groups in total. The zero-order valence-corrected chi connectivity index (χ0v) is 15.8. The Kier molecular flexibility index (Phi) is 22.2. The van der Waals surface area contributed by atoms with Crippen LogP contribution in [0.5, 0.6) is 0 Å². The molecule has 0 aliphatic carbocycles. The summed E-state index contributed by atoms with van der Waals surface area (Å²) in [6.07, 6.45) is 0.908. The number of amides is 1. The third kappa shape index (κ3) is 18.0. The molecule has 0 radical (unpaired) electrons. The van der Waals surface area contributed by atoms with Gasteiger partial charge in [0.1, 0.15) is 13.1 Å². The molecule has 1 atom stereocenters. The Balaban J connectivity index is -0.000000241. The van der Waals surface area contributed by atoms with Gasteiger partial charge in [0, 0.05) is 5.92 Å². The first-order valence-corrected chi connectivity index (χ1v) is 6.97. The molecule has 0 aromatic heterocycles. The summed E-state index contributed by atoms with van der Waals surface area (Å²) in [5.41, 5.74) is 0. The number of nitrogens with one attached hydrogen (secondary N) is 1. The van der Waals surface area contributed by atoms with Crippen molar-refractivity contribution in [3.05, 3.63) is 0 Å². The molecule has 0 aromatic rings. The van der Waals surface area contributed by atoms with E-state index in [9.17, 15) is 4.79 Å². The van der Waals surface area contributed by atoms with Crippen molar-refractivity contribution in [2.75, 3.05) is 61.4 Å². The van der Waals surface area contributed by atoms with Crippen LogP contribution in [0.2, 0.25) is 0 Å². The van der Waals surface area contributed by atoms with Crippen molar-refractivity contribution in [3.8, 4) is 0 Å². The molecule has 0 rings (SSSR count). The number of carbonyl (C=O) groups excluding carboxylic acids is 1. The average Bonchev–Trinajstić information content (AvgIpc) is 2.24. The van der Waals surface area contributed by atoms with Crippen molar-refractivity contribution in [1.82, 2.24) is 5.32 Å². The van der Waals surface area contributed by atoms with E-state index in [2.05, 4.69) is 40.6 Å². The Morgan fingerprint density at radius 1 is 1.00 bits per heavy atom. The number of likely N-dealkylation sites (N-methyl/N-ethyl adjacent to an activating group) is 2. The summed E-state index contributed by atoms with van der Waals surface area (Å²) in [4.78, 5) is 11.7. The lowest BCUT2D eigenvalue weighted by molar-refractivity contribution is -0.936. The van der Waals surface area contributed by atoms with Gasteiger partial charge >= 0.3 is 0 Å². The number of rotatable bonds is 8. The van der Waals surface area contributed by atoms with Gasteiger partial charge in [0.15, 0.2) is 0 Å². The van der Waals surface area contributed by atoms with Crippen LogP contribution in [0.3, 0.4) is 0 Å². The Bertz CT molecular complexity index is 267. The first-order valence-electron chi connectivity index (χ1n) is 6.97. The highest BCUT2D eigenvalue weighted by Crippen LogP contribution is 2.01. The van der Waals surface area contributed by atoms with Crippen molar-refractivity contribution >= 4 is 18.3 Å². The summed E-state index contributed by atoms with van der Waals surface area (Å²) in [6, 6.07) is 0. The topological polar surface area (TPSA) is 29.1 Å². The van der Waals surface area contributed by atoms with Crippen molar-refractivity contribution in [2.24, 2.45) is 5.92 Å². The van der Waals surface area contributed by atoms with Gasteiger partial charge in [-0.25, -0.2) is 0 Å². The molecule has 0 aliphatic heterocycles. The van der Waals surface area contributed by atoms with Crippen molar-refractivity contribution in [3.63, 3.8) is 0 Å². The van der Waals surface area contributed by atoms with Crippen molar-refractivity contribution in [1.29, 1.82) is 0 Å². The highest BCUT2D eigenvalue weighted by Gasteiger charge is 2.20. The molecule has 4 nitrogen and oxygen atoms in total. The standard InChI is InChI=1S/C14H32N3O.2CH4.2ClH/c1-8-13(2)14(18)15-9-10-17(6,7)12-11-16(3,4)5;;;;/h13H,8-12H2,1-7H3;2*1H4;2*1H/q+1;;;;. The second kappa shape index (κ2) is 14.6. The lowest BCUT2D eigenvalue weighted by Gasteiger charge is -2.33. The number of carbonyl (C=O) groups is 1. The Morgan fingerprint density at radius 2 is 1.45 bits per heavy atom. The number of quaternary nitrogens is 2. The zero-order valence-electron chi connectivity index (χ0n) is 14.2. The normalized spacial score (nSPS) is 11.8. The van der Waals surface area contributed by atoms with Crippen molar-refractivity contribution in [2.45, 2.75) is 35.1 Å². The van der Waals surface area contributed by atoms with E-state index in [1.54, 1.807) is 0 Å². The SMILES string of the molecule is C.C.CCC(C)C(=O)NCC[N+](C)(C)CC[N+](C)(C)C.Cl.[Cl-]. The predicted octanol–water partition coefficient (Wildman–Crippen LogP) is -0.371. The summed E-state index contributed by atoms with van der Waals surface area (Å²) in [5, 5.41) is 3.03. The fourth-order valence-electron chi connectivity index (χ4n) is 1.52. The van der Waals surface area contributed by atoms with Crippen LogP contribution in [0.4, 0.5) is 0 Å². The summed E-state index contributed by atoms with van der Waals surface area (Å²) in [5.74, 6) is 0.316. The van der Waals surface area contributed by atoms with Gasteiger partial charge in [-0.1, -0.05) is 28.7 Å². The third-order valence-corrected chi connectivity index (χ3v) is 3.45. The van der Waals surface area contributed by atoms with Gasteiger partial charge in [0.25, 0.3) is 0 Å². The minimum atomic E-state index is 0. The molecule has 0 heterocycles. The van der Waals surface area contributed by atoms with Crippen molar-refractivity contribution < 1.29 is 26.2 Å². The van der Waals surface area contributed by atoms with E-state index in [1.807, 2.05) is 13.8 Å². The van der Waals surface area contributed by atoms with Crippen LogP contribution in [0.15, 0.2) is 0 Å². The molecule has 0 spiro atoms. The van der Waals surface area contributed by atoms with E-state index in [0.717, 1.165) is 41.6 Å². The van der Waals surface area contributed by atoms with Crippen LogP contribution in [0.25, 0.3) is 0 Å². The molecule has 0 fully saturated rings. The van der Waals surface area contributed by atoms with E-state index in [0.29, 0.717) is 0 Å². The molecule has 0 saturated heterocycles. The molecule has 6 heteroatoms. The fourth-order valence-corrected chi connectivity index (χ4v) is 1.52. The number of hydrogen-bond donors (Lipinski definition) is 1. The molecule has 140 valence electrons. The van der Waals surface area contributed by atoms with Crippen LogP contribution in [0, 0.1) is 5.92 Å². The lowest BCUT2D eigenvalue weighted by Crippen LogP contribution is -3.00. The molecule has 0 aromatic carbocycles. The van der Waals surface area contributed by atoms with Gasteiger partial charge in [-0.2, -0.15) is 0 Å². The Morgan fingerprint density at radius 3 is 1.82 bits per heavy atom. The summed E-state index contributed by atoms with van der Waals surface area (Å²) < 4.78 is 1.94. The Hall–Kier alpha value is -0.0300. The van der Waals surface area contributed by atoms with Gasteiger partial charge in [-0.15, -0.1) is 12.4 Å². The smallest absolute Gasteiger partial charge is 0.223 e. The molecule has 1 unspecified atom stereocenters. The molecule has 0 saturated carbocycles. The second-order valence-electron chi connectivity index (χ2n) is 7.00. The average molecular weight is 363 g/mol. The van der Waals surface area contributed by atoms with Gasteiger partial charge < -0.3 is 26.7 Å². The van der Waals surface area contributed by atoms with Crippen LogP contribution in [0.1, 0.15) is 35.1 Å². The van der Waals surface area contributed by atoms with E-state index in [-0.39, 0.29) is 51.5 Å². The molecule has 22 heavy (non-hydrogen) atoms. The number of hydrogen-bond acceptors (Lipinski definition) is 1. The van der Waals surface area contributed by atoms with E-state index < -0.39 is 0 Å². The summed E-state index contributed by atoms with van der Waals surface area (Å²) in [7, 11) is 11.1. The number of nitrogens with zero attached hydrogens (tertiary/aromatic N) is 2. The molecule has 0 bridgehead atoms. The summed E-state index contributed by atoms with van der Waals surface area (Å²) >= 11 is 0. The second-order valence-corrected chi connectivity index (χ2v) is 7.00. The third-order valence-electron chi connectivity index (χ3n) is 3.45. The van der Waals surface area contributed by atoms with Crippen LogP contribution >= 0.6 is 12.4 Å². The van der Waals surface area contributed by atoms with E-state index in [1.165, 1.54) is 0 Å². The molecule has 1 amide bonds. The largest absolute Gasteiger partial charge is 1.00 e. The van der Waals surface area contributed by atoms with E-state index in [4.69, 9.17) is 0 Å². The molecular formula is C16H42Cl2N3O+. The van der Waals surface area contributed by atoms with Gasteiger partial charge in [-0.05, 0) is 6.42 Å². The Labute approximate surface area is 152 Å². The highest BCUT2D eigenvalue weighted by atomic mass is 35.5. The molecular weight excluding hydrogens is 321 g/mol. The van der Waals surface area contributed by atoms with Crippen LogP contribution in [-0.2, 0) is 4.79 Å². The maximum Gasteiger partial charge on any atom is 0.223 e. The fraction of sp³-hybridized carbons (Fsp3) is 0.938. The minimum Gasteiger partial charge on any atom is -1.00 e. The van der Waals surface area contributed by atoms with Gasteiger partial charge in [0.2, 0.25) is 5.91 Å². The van der Waals surface area contributed by atoms with Gasteiger partial charge in [0.05, 0.1) is 48.3 Å². The zero-order chi connectivity index (χ0) is 14.4. The van der Waals surface area contributed by atoms with E-state index >= 15 is 0 Å². The quantitative estimate of drug-likeness (QED) is 0.586. The molecule has 0 aliphatic rings. The van der Waals surface area contributed by atoms with Crippen LogP contribution < -0.4 is 17.7 Å². The highest BCUT2D eigenvalue weighted by molar-refractivity contribution is 5.85. The summed E-state index contributed by atoms with van der Waals surface area (Å²) in [6.45, 7) is 8.06. The number of halogens is 2. The minimum absolute atomic E-state index is 0. The lowest BCUT2D eigenvalue weighted by atomic mass is 10.1. The first-order chi connectivity index (χ1) is 8.07. The first kappa shape index (κ1) is 33.5. The predicted molar refractivity (Wildman–Crippen MR) is 97.9 cm³/mol.